The van der Waals surface area contributed by atoms with E-state index in [0.29, 0.717) is 18.6 Å². The van der Waals surface area contributed by atoms with Gasteiger partial charge in [-0.1, -0.05) is 6.42 Å². The summed E-state index contributed by atoms with van der Waals surface area (Å²) >= 11 is 0. The van der Waals surface area contributed by atoms with Crippen LogP contribution in [0.2, 0.25) is 0 Å². The standard InChI is InChI=1S/C19H27N3O3/c1-2-20-18(22-10-8-19(13-22)6-3-7-19)21-9-11-23-15-4-5-16-17(12-15)25-14-24-16/h4-5,12H,2-3,6-11,13-14H2,1H3,(H,20,21). The van der Waals surface area contributed by atoms with Crippen molar-refractivity contribution >= 4 is 5.96 Å². The molecule has 0 bridgehead atoms. The van der Waals surface area contributed by atoms with Crippen molar-refractivity contribution in [3.8, 4) is 17.2 Å². The molecule has 136 valence electrons. The van der Waals surface area contributed by atoms with Crippen molar-refractivity contribution in [1.29, 1.82) is 0 Å². The maximum Gasteiger partial charge on any atom is 0.231 e. The van der Waals surface area contributed by atoms with Gasteiger partial charge in [0.15, 0.2) is 17.5 Å². The summed E-state index contributed by atoms with van der Waals surface area (Å²) < 4.78 is 16.5. The van der Waals surface area contributed by atoms with Crippen LogP contribution in [0.1, 0.15) is 32.6 Å². The zero-order valence-corrected chi connectivity index (χ0v) is 14.9. The summed E-state index contributed by atoms with van der Waals surface area (Å²) in [5.74, 6) is 3.34. The number of benzene rings is 1. The predicted molar refractivity (Wildman–Crippen MR) is 96.5 cm³/mol. The van der Waals surface area contributed by atoms with E-state index in [2.05, 4.69) is 17.1 Å². The van der Waals surface area contributed by atoms with Crippen molar-refractivity contribution in [2.75, 3.05) is 39.6 Å². The van der Waals surface area contributed by atoms with Crippen LogP contribution in [0.4, 0.5) is 0 Å². The Morgan fingerprint density at radius 1 is 1.28 bits per heavy atom. The molecule has 1 saturated heterocycles. The number of likely N-dealkylation sites (tertiary alicyclic amines) is 1. The fourth-order valence-electron chi connectivity index (χ4n) is 3.91. The summed E-state index contributed by atoms with van der Waals surface area (Å²) in [6.07, 6.45) is 5.47. The highest BCUT2D eigenvalue weighted by Gasteiger charge is 2.43. The zero-order chi connectivity index (χ0) is 17.1. The number of aliphatic imine (C=N–C) groups is 1. The monoisotopic (exact) mass is 345 g/mol. The maximum absolute atomic E-state index is 5.81. The average molecular weight is 345 g/mol. The molecule has 0 radical (unpaired) electrons. The lowest BCUT2D eigenvalue weighted by Crippen LogP contribution is -2.42. The number of nitrogens with zero attached hydrogens (tertiary/aromatic N) is 2. The van der Waals surface area contributed by atoms with Crippen molar-refractivity contribution in [2.24, 2.45) is 10.4 Å². The Balaban J connectivity index is 1.30. The summed E-state index contributed by atoms with van der Waals surface area (Å²) in [5.41, 5.74) is 0.583. The Morgan fingerprint density at radius 3 is 2.92 bits per heavy atom. The molecule has 1 aromatic rings. The number of nitrogens with one attached hydrogen (secondary N) is 1. The molecule has 25 heavy (non-hydrogen) atoms. The van der Waals surface area contributed by atoms with E-state index >= 15 is 0 Å². The first kappa shape index (κ1) is 16.4. The van der Waals surface area contributed by atoms with E-state index in [9.17, 15) is 0 Å². The third-order valence-electron chi connectivity index (χ3n) is 5.45. The normalized spacial score (nSPS) is 20.7. The largest absolute Gasteiger partial charge is 0.492 e. The molecule has 1 aromatic carbocycles. The Labute approximate surface area is 149 Å². The first-order valence-electron chi connectivity index (χ1n) is 9.34. The number of guanidine groups is 1. The van der Waals surface area contributed by atoms with Crippen LogP contribution in [-0.2, 0) is 0 Å². The van der Waals surface area contributed by atoms with Crippen LogP contribution in [0.3, 0.4) is 0 Å². The Bertz CT molecular complexity index is 643. The lowest BCUT2D eigenvalue weighted by molar-refractivity contribution is 0.151. The Kier molecular flexibility index (Phi) is 4.59. The van der Waals surface area contributed by atoms with Gasteiger partial charge in [0.2, 0.25) is 6.79 Å². The van der Waals surface area contributed by atoms with E-state index in [4.69, 9.17) is 19.2 Å². The topological polar surface area (TPSA) is 55.3 Å². The highest BCUT2D eigenvalue weighted by molar-refractivity contribution is 5.80. The molecule has 1 saturated carbocycles. The van der Waals surface area contributed by atoms with Gasteiger partial charge in [-0.05, 0) is 43.7 Å². The van der Waals surface area contributed by atoms with E-state index in [1.165, 1.54) is 25.7 Å². The van der Waals surface area contributed by atoms with E-state index in [0.717, 1.165) is 42.8 Å². The molecule has 6 heteroatoms. The lowest BCUT2D eigenvalue weighted by Gasteiger charge is -2.38. The van der Waals surface area contributed by atoms with Gasteiger partial charge in [-0.25, -0.2) is 4.99 Å². The fourth-order valence-corrected chi connectivity index (χ4v) is 3.91. The van der Waals surface area contributed by atoms with Gasteiger partial charge in [0.1, 0.15) is 12.4 Å². The van der Waals surface area contributed by atoms with E-state index in [1.54, 1.807) is 0 Å². The lowest BCUT2D eigenvalue weighted by atomic mass is 9.68. The highest BCUT2D eigenvalue weighted by Crippen LogP contribution is 2.47. The molecule has 2 fully saturated rings. The van der Waals surface area contributed by atoms with Crippen molar-refractivity contribution in [2.45, 2.75) is 32.6 Å². The third kappa shape index (κ3) is 3.48. The summed E-state index contributed by atoms with van der Waals surface area (Å²) in [6, 6.07) is 5.66. The van der Waals surface area contributed by atoms with Gasteiger partial charge >= 0.3 is 0 Å². The van der Waals surface area contributed by atoms with Crippen molar-refractivity contribution in [3.63, 3.8) is 0 Å². The zero-order valence-electron chi connectivity index (χ0n) is 14.9. The number of hydrogen-bond donors (Lipinski definition) is 1. The second kappa shape index (κ2) is 7.02. The number of fused-ring (bicyclic) bond motifs is 1. The van der Waals surface area contributed by atoms with Crippen molar-refractivity contribution in [1.82, 2.24) is 10.2 Å². The van der Waals surface area contributed by atoms with Gasteiger partial charge in [0.25, 0.3) is 0 Å². The van der Waals surface area contributed by atoms with Crippen LogP contribution in [0.5, 0.6) is 17.2 Å². The third-order valence-corrected chi connectivity index (χ3v) is 5.45. The number of rotatable bonds is 5. The SMILES string of the molecule is CCNC(=NCCOc1ccc2c(c1)OCO2)N1CCC2(CCC2)C1. The molecular formula is C19H27N3O3. The van der Waals surface area contributed by atoms with Gasteiger partial charge < -0.3 is 24.4 Å². The van der Waals surface area contributed by atoms with Gasteiger partial charge in [0, 0.05) is 25.7 Å². The molecule has 1 N–H and O–H groups in total. The minimum absolute atomic E-state index is 0.284. The molecular weight excluding hydrogens is 318 g/mol. The molecule has 1 aliphatic carbocycles. The van der Waals surface area contributed by atoms with Crippen LogP contribution >= 0.6 is 0 Å². The van der Waals surface area contributed by atoms with Crippen molar-refractivity contribution in [3.05, 3.63) is 18.2 Å². The van der Waals surface area contributed by atoms with E-state index < -0.39 is 0 Å². The molecule has 0 amide bonds. The maximum atomic E-state index is 5.81. The number of ether oxygens (including phenoxy) is 3. The first-order valence-corrected chi connectivity index (χ1v) is 9.34. The van der Waals surface area contributed by atoms with Crippen LogP contribution in [0, 0.1) is 5.41 Å². The average Bonchev–Trinajstić information content (AvgIpc) is 3.23. The molecule has 0 unspecified atom stereocenters. The summed E-state index contributed by atoms with van der Waals surface area (Å²) in [7, 11) is 0. The Hall–Kier alpha value is -2.11. The van der Waals surface area contributed by atoms with E-state index in [1.807, 2.05) is 18.2 Å². The van der Waals surface area contributed by atoms with Gasteiger partial charge in [-0.15, -0.1) is 0 Å². The smallest absolute Gasteiger partial charge is 0.231 e. The van der Waals surface area contributed by atoms with Crippen LogP contribution in [-0.4, -0.2) is 50.4 Å². The quantitative estimate of drug-likeness (QED) is 0.505. The molecule has 3 aliphatic rings. The second-order valence-corrected chi connectivity index (χ2v) is 7.12. The molecule has 0 atom stereocenters. The van der Waals surface area contributed by atoms with Gasteiger partial charge in [-0.3, -0.25) is 0 Å². The second-order valence-electron chi connectivity index (χ2n) is 7.12. The molecule has 1 spiro atoms. The van der Waals surface area contributed by atoms with Crippen LogP contribution in [0.25, 0.3) is 0 Å². The van der Waals surface area contributed by atoms with Crippen molar-refractivity contribution < 1.29 is 14.2 Å². The molecule has 2 aliphatic heterocycles. The summed E-state index contributed by atoms with van der Waals surface area (Å²) in [4.78, 5) is 7.18. The minimum Gasteiger partial charge on any atom is -0.492 e. The molecule has 6 nitrogen and oxygen atoms in total. The fraction of sp³-hybridized carbons (Fsp3) is 0.632. The summed E-state index contributed by atoms with van der Waals surface area (Å²) in [5, 5.41) is 3.43. The van der Waals surface area contributed by atoms with Gasteiger partial charge in [0.05, 0.1) is 6.54 Å². The highest BCUT2D eigenvalue weighted by atomic mass is 16.7. The first-order chi connectivity index (χ1) is 12.3. The molecule has 2 heterocycles. The Morgan fingerprint density at radius 2 is 2.16 bits per heavy atom. The molecule has 0 aromatic heterocycles. The summed E-state index contributed by atoms with van der Waals surface area (Å²) in [6.45, 7) is 6.76. The van der Waals surface area contributed by atoms with Gasteiger partial charge in [-0.2, -0.15) is 0 Å². The van der Waals surface area contributed by atoms with E-state index in [-0.39, 0.29) is 6.79 Å². The minimum atomic E-state index is 0.284. The van der Waals surface area contributed by atoms with Crippen LogP contribution in [0.15, 0.2) is 23.2 Å². The predicted octanol–water partition coefficient (Wildman–Crippen LogP) is 2.64. The molecule has 4 rings (SSSR count). The number of hydrogen-bond acceptors (Lipinski definition) is 4. The van der Waals surface area contributed by atoms with Crippen LogP contribution < -0.4 is 19.5 Å².